The summed E-state index contributed by atoms with van der Waals surface area (Å²) in [5.74, 6) is 6.32. The molecule has 0 unspecified atom stereocenters. The Labute approximate surface area is 85.7 Å². The highest BCUT2D eigenvalue weighted by Gasteiger charge is 1.99. The second kappa shape index (κ2) is 4.38. The summed E-state index contributed by atoms with van der Waals surface area (Å²) in [5.41, 5.74) is 3.21. The van der Waals surface area contributed by atoms with Gasteiger partial charge in [-0.05, 0) is 0 Å². The highest BCUT2D eigenvalue weighted by molar-refractivity contribution is 5.40. The van der Waals surface area contributed by atoms with E-state index in [9.17, 15) is 0 Å². The van der Waals surface area contributed by atoms with E-state index in [1.807, 2.05) is 0 Å². The first-order valence-electron chi connectivity index (χ1n) is 4.30. The molecule has 78 valence electrons. The van der Waals surface area contributed by atoms with Gasteiger partial charge in [-0.15, -0.1) is 0 Å². The molecule has 0 aliphatic rings. The fourth-order valence-corrected chi connectivity index (χ4v) is 1.03. The average molecular weight is 206 g/mol. The van der Waals surface area contributed by atoms with Crippen LogP contribution in [-0.4, -0.2) is 15.1 Å². The lowest BCUT2D eigenvalue weighted by molar-refractivity contribution is 0.412. The van der Waals surface area contributed by atoms with Gasteiger partial charge in [0.2, 0.25) is 0 Å². The van der Waals surface area contributed by atoms with Gasteiger partial charge in [0.25, 0.3) is 0 Å². The molecule has 0 atom stereocenters. The van der Waals surface area contributed by atoms with E-state index in [-0.39, 0.29) is 0 Å². The van der Waals surface area contributed by atoms with Gasteiger partial charge in [-0.1, -0.05) is 5.16 Å². The van der Waals surface area contributed by atoms with E-state index in [1.54, 1.807) is 12.3 Å². The van der Waals surface area contributed by atoms with Crippen molar-refractivity contribution in [2.45, 2.75) is 6.54 Å². The molecule has 2 rings (SSSR count). The number of nitrogen functional groups attached to an aromatic ring is 1. The van der Waals surface area contributed by atoms with Gasteiger partial charge < -0.3 is 15.3 Å². The zero-order chi connectivity index (χ0) is 10.5. The minimum absolute atomic E-state index is 0.500. The summed E-state index contributed by atoms with van der Waals surface area (Å²) < 4.78 is 4.69. The SMILES string of the molecule is NNc1cncc(NCc2ccon2)n1. The van der Waals surface area contributed by atoms with Crippen molar-refractivity contribution in [3.63, 3.8) is 0 Å². The van der Waals surface area contributed by atoms with Gasteiger partial charge in [0, 0.05) is 6.07 Å². The van der Waals surface area contributed by atoms with Crippen molar-refractivity contribution in [3.8, 4) is 0 Å². The van der Waals surface area contributed by atoms with Crippen LogP contribution in [0.2, 0.25) is 0 Å². The molecule has 4 N–H and O–H groups in total. The molecule has 0 radical (unpaired) electrons. The van der Waals surface area contributed by atoms with Crippen LogP contribution >= 0.6 is 0 Å². The molecule has 2 heterocycles. The van der Waals surface area contributed by atoms with Crippen LogP contribution in [0.4, 0.5) is 11.6 Å². The predicted molar refractivity (Wildman–Crippen MR) is 53.7 cm³/mol. The van der Waals surface area contributed by atoms with E-state index in [2.05, 4.69) is 30.4 Å². The van der Waals surface area contributed by atoms with Crippen LogP contribution in [-0.2, 0) is 6.54 Å². The average Bonchev–Trinajstić information content (AvgIpc) is 2.79. The molecule has 15 heavy (non-hydrogen) atoms. The van der Waals surface area contributed by atoms with Gasteiger partial charge in [-0.25, -0.2) is 10.8 Å². The van der Waals surface area contributed by atoms with Crippen molar-refractivity contribution in [2.75, 3.05) is 10.7 Å². The highest BCUT2D eigenvalue weighted by Crippen LogP contribution is 2.06. The Balaban J connectivity index is 1.98. The molecular formula is C8H10N6O. The number of nitrogens with one attached hydrogen (secondary N) is 2. The first kappa shape index (κ1) is 9.41. The Morgan fingerprint density at radius 3 is 2.93 bits per heavy atom. The van der Waals surface area contributed by atoms with Crippen LogP contribution in [0.25, 0.3) is 0 Å². The molecule has 7 heteroatoms. The Morgan fingerprint density at radius 1 is 1.33 bits per heavy atom. The Kier molecular flexibility index (Phi) is 2.75. The number of nitrogens with two attached hydrogens (primary N) is 1. The van der Waals surface area contributed by atoms with Gasteiger partial charge in [-0.2, -0.15) is 0 Å². The maximum Gasteiger partial charge on any atom is 0.160 e. The quantitative estimate of drug-likeness (QED) is 0.490. The lowest BCUT2D eigenvalue weighted by Gasteiger charge is -2.04. The number of hydrogen-bond donors (Lipinski definition) is 3. The second-order valence-corrected chi connectivity index (χ2v) is 2.78. The summed E-state index contributed by atoms with van der Waals surface area (Å²) in [4.78, 5) is 8.07. The molecule has 0 aliphatic heterocycles. The number of rotatable bonds is 4. The summed E-state index contributed by atoms with van der Waals surface area (Å²) in [6.07, 6.45) is 4.64. The fourth-order valence-electron chi connectivity index (χ4n) is 1.03. The van der Waals surface area contributed by atoms with E-state index in [0.29, 0.717) is 18.2 Å². The van der Waals surface area contributed by atoms with E-state index in [1.165, 1.54) is 12.5 Å². The molecule has 0 aliphatic carbocycles. The Morgan fingerprint density at radius 2 is 2.20 bits per heavy atom. The largest absolute Gasteiger partial charge is 0.364 e. The number of hydrogen-bond acceptors (Lipinski definition) is 7. The molecule has 0 fully saturated rings. The molecule has 2 aromatic heterocycles. The number of nitrogens with zero attached hydrogens (tertiary/aromatic N) is 3. The van der Waals surface area contributed by atoms with Crippen LogP contribution in [0, 0.1) is 0 Å². The minimum Gasteiger partial charge on any atom is -0.364 e. The van der Waals surface area contributed by atoms with Gasteiger partial charge in [0.1, 0.15) is 17.8 Å². The van der Waals surface area contributed by atoms with Crippen molar-refractivity contribution in [3.05, 3.63) is 30.4 Å². The van der Waals surface area contributed by atoms with E-state index in [4.69, 9.17) is 5.84 Å². The predicted octanol–water partition coefficient (Wildman–Crippen LogP) is 0.362. The Hall–Kier alpha value is -2.15. The van der Waals surface area contributed by atoms with Crippen LogP contribution in [0.3, 0.4) is 0 Å². The first-order chi connectivity index (χ1) is 7.38. The maximum atomic E-state index is 5.20. The van der Waals surface area contributed by atoms with Gasteiger partial charge in [0.15, 0.2) is 5.82 Å². The third kappa shape index (κ3) is 2.41. The maximum absolute atomic E-state index is 5.20. The highest BCUT2D eigenvalue weighted by atomic mass is 16.5. The van der Waals surface area contributed by atoms with E-state index in [0.717, 1.165) is 5.69 Å². The lowest BCUT2D eigenvalue weighted by Crippen LogP contribution is -2.10. The molecule has 0 spiro atoms. The second-order valence-electron chi connectivity index (χ2n) is 2.78. The summed E-state index contributed by atoms with van der Waals surface area (Å²) in [6, 6.07) is 1.77. The smallest absolute Gasteiger partial charge is 0.160 e. The van der Waals surface area contributed by atoms with Crippen molar-refractivity contribution in [1.29, 1.82) is 0 Å². The van der Waals surface area contributed by atoms with Crippen LogP contribution in [0.5, 0.6) is 0 Å². The molecular weight excluding hydrogens is 196 g/mol. The molecule has 7 nitrogen and oxygen atoms in total. The van der Waals surface area contributed by atoms with Gasteiger partial charge in [0.05, 0.1) is 18.9 Å². The van der Waals surface area contributed by atoms with Crippen molar-refractivity contribution >= 4 is 11.6 Å². The fraction of sp³-hybridized carbons (Fsp3) is 0.125. The minimum atomic E-state index is 0.500. The summed E-state index contributed by atoms with van der Waals surface area (Å²) >= 11 is 0. The molecule has 0 saturated heterocycles. The lowest BCUT2D eigenvalue weighted by atomic mass is 10.4. The first-order valence-corrected chi connectivity index (χ1v) is 4.30. The molecule has 0 aromatic carbocycles. The Bertz CT molecular complexity index is 415. The standard InChI is InChI=1S/C8H10N6O/c9-13-8-5-10-4-7(12-8)11-3-6-1-2-15-14-6/h1-2,4-5H,3,9H2,(H2,11,12,13). The summed E-state index contributed by atoms with van der Waals surface area (Å²) in [6.45, 7) is 0.527. The molecule has 0 amide bonds. The molecule has 2 aromatic rings. The number of hydrazine groups is 1. The number of aromatic nitrogens is 3. The zero-order valence-electron chi connectivity index (χ0n) is 7.84. The third-order valence-electron chi connectivity index (χ3n) is 1.72. The topological polar surface area (TPSA) is 102 Å². The molecule has 0 saturated carbocycles. The van der Waals surface area contributed by atoms with Gasteiger partial charge in [-0.3, -0.25) is 4.98 Å². The normalized spacial score (nSPS) is 9.93. The summed E-state index contributed by atoms with van der Waals surface area (Å²) in [5, 5.41) is 6.78. The molecule has 0 bridgehead atoms. The van der Waals surface area contributed by atoms with Crippen molar-refractivity contribution in [1.82, 2.24) is 15.1 Å². The van der Waals surface area contributed by atoms with E-state index >= 15 is 0 Å². The van der Waals surface area contributed by atoms with Crippen LogP contribution < -0.4 is 16.6 Å². The van der Waals surface area contributed by atoms with E-state index < -0.39 is 0 Å². The number of anilines is 2. The van der Waals surface area contributed by atoms with Crippen molar-refractivity contribution < 1.29 is 4.52 Å². The monoisotopic (exact) mass is 206 g/mol. The van der Waals surface area contributed by atoms with Gasteiger partial charge >= 0.3 is 0 Å². The van der Waals surface area contributed by atoms with Crippen LogP contribution in [0.1, 0.15) is 5.69 Å². The van der Waals surface area contributed by atoms with Crippen molar-refractivity contribution in [2.24, 2.45) is 5.84 Å². The van der Waals surface area contributed by atoms with Crippen LogP contribution in [0.15, 0.2) is 29.2 Å². The summed E-state index contributed by atoms with van der Waals surface area (Å²) in [7, 11) is 0. The third-order valence-corrected chi connectivity index (χ3v) is 1.72. The zero-order valence-corrected chi connectivity index (χ0v) is 7.84.